The van der Waals surface area contributed by atoms with Gasteiger partial charge in [-0.3, -0.25) is 0 Å². The van der Waals surface area contributed by atoms with E-state index in [2.05, 4.69) is 19.2 Å². The summed E-state index contributed by atoms with van der Waals surface area (Å²) >= 11 is 0. The molecule has 0 saturated heterocycles. The molecule has 0 aliphatic carbocycles. The van der Waals surface area contributed by atoms with Gasteiger partial charge in [0.05, 0.1) is 6.61 Å². The van der Waals surface area contributed by atoms with Gasteiger partial charge in [-0.2, -0.15) is 0 Å². The molecule has 0 bridgehead atoms. The Hall–Kier alpha value is -1.22. The number of benzene rings is 1. The lowest BCUT2D eigenvalue weighted by atomic mass is 10.3. The molecule has 3 nitrogen and oxygen atoms in total. The normalized spacial score (nSPS) is 10.2. The van der Waals surface area contributed by atoms with Gasteiger partial charge >= 0.3 is 0 Å². The lowest BCUT2D eigenvalue weighted by Gasteiger charge is -2.12. The highest BCUT2D eigenvalue weighted by Gasteiger charge is 2.03. The largest absolute Gasteiger partial charge is 0.490 e. The van der Waals surface area contributed by atoms with Crippen LogP contribution in [0.5, 0.6) is 11.5 Å². The van der Waals surface area contributed by atoms with Crippen LogP contribution in [0.2, 0.25) is 0 Å². The number of hydrogen-bond acceptors (Lipinski definition) is 3. The summed E-state index contributed by atoms with van der Waals surface area (Å²) in [5, 5.41) is 3.22. The summed E-state index contributed by atoms with van der Waals surface area (Å²) < 4.78 is 11.4. The lowest BCUT2D eigenvalue weighted by Crippen LogP contribution is -2.20. The molecule has 1 rings (SSSR count). The average Bonchev–Trinajstić information content (AvgIpc) is 2.36. The van der Waals surface area contributed by atoms with Gasteiger partial charge in [-0.15, -0.1) is 0 Å². The van der Waals surface area contributed by atoms with Crippen LogP contribution in [-0.4, -0.2) is 26.3 Å². The summed E-state index contributed by atoms with van der Waals surface area (Å²) in [4.78, 5) is 0. The summed E-state index contributed by atoms with van der Waals surface area (Å²) in [6, 6.07) is 7.85. The van der Waals surface area contributed by atoms with Gasteiger partial charge in [0.15, 0.2) is 11.5 Å². The minimum Gasteiger partial charge on any atom is -0.490 e. The van der Waals surface area contributed by atoms with Crippen molar-refractivity contribution in [3.8, 4) is 11.5 Å². The molecule has 0 amide bonds. The molecule has 0 spiro atoms. The molecule has 0 fully saturated rings. The minimum atomic E-state index is 0.669. The molecule has 0 heterocycles. The first-order valence-corrected chi connectivity index (χ1v) is 6.43. The van der Waals surface area contributed by atoms with Gasteiger partial charge in [0, 0.05) is 6.54 Å². The van der Waals surface area contributed by atoms with Crippen molar-refractivity contribution < 1.29 is 9.47 Å². The Morgan fingerprint density at radius 1 is 1.00 bits per heavy atom. The SMILES string of the molecule is CCCCOc1ccccc1OCCNCC. The van der Waals surface area contributed by atoms with Crippen LogP contribution in [0, 0.1) is 0 Å². The fourth-order valence-electron chi connectivity index (χ4n) is 1.43. The van der Waals surface area contributed by atoms with Gasteiger partial charge < -0.3 is 14.8 Å². The van der Waals surface area contributed by atoms with Crippen LogP contribution in [0.4, 0.5) is 0 Å². The smallest absolute Gasteiger partial charge is 0.161 e. The van der Waals surface area contributed by atoms with Crippen LogP contribution in [-0.2, 0) is 0 Å². The zero-order valence-electron chi connectivity index (χ0n) is 10.9. The van der Waals surface area contributed by atoms with Gasteiger partial charge in [0.1, 0.15) is 6.61 Å². The van der Waals surface area contributed by atoms with E-state index in [4.69, 9.17) is 9.47 Å². The number of ether oxygens (including phenoxy) is 2. The molecule has 1 aromatic carbocycles. The molecule has 0 unspecified atom stereocenters. The van der Waals surface area contributed by atoms with Gasteiger partial charge in [-0.05, 0) is 25.1 Å². The molecule has 0 aliphatic rings. The summed E-state index contributed by atoms with van der Waals surface area (Å²) in [5.74, 6) is 1.68. The van der Waals surface area contributed by atoms with Gasteiger partial charge in [-0.1, -0.05) is 32.4 Å². The van der Waals surface area contributed by atoms with Crippen LogP contribution < -0.4 is 14.8 Å². The number of rotatable bonds is 9. The highest BCUT2D eigenvalue weighted by molar-refractivity contribution is 5.39. The Bertz CT molecular complexity index is 302. The van der Waals surface area contributed by atoms with Crippen LogP contribution in [0.15, 0.2) is 24.3 Å². The molecule has 0 radical (unpaired) electrons. The standard InChI is InChI=1S/C14H23NO2/c1-3-5-11-16-13-8-6-7-9-14(13)17-12-10-15-4-2/h6-9,15H,3-5,10-12H2,1-2H3. The quantitative estimate of drug-likeness (QED) is 0.670. The Balaban J connectivity index is 2.40. The van der Waals surface area contributed by atoms with Crippen molar-refractivity contribution in [3.63, 3.8) is 0 Å². The summed E-state index contributed by atoms with van der Waals surface area (Å²) in [6.45, 7) is 7.49. The van der Waals surface area contributed by atoms with Crippen LogP contribution in [0.1, 0.15) is 26.7 Å². The first-order valence-electron chi connectivity index (χ1n) is 6.43. The van der Waals surface area contributed by atoms with E-state index in [-0.39, 0.29) is 0 Å². The molecule has 96 valence electrons. The Kier molecular flexibility index (Phi) is 7.23. The van der Waals surface area contributed by atoms with Crippen molar-refractivity contribution in [2.24, 2.45) is 0 Å². The Morgan fingerprint density at radius 2 is 1.65 bits per heavy atom. The highest BCUT2D eigenvalue weighted by atomic mass is 16.5. The van der Waals surface area contributed by atoms with Gasteiger partial charge in [0.25, 0.3) is 0 Å². The third kappa shape index (κ3) is 5.59. The van der Waals surface area contributed by atoms with E-state index in [1.807, 2.05) is 24.3 Å². The molecule has 1 aromatic rings. The van der Waals surface area contributed by atoms with Crippen molar-refractivity contribution in [2.45, 2.75) is 26.7 Å². The van der Waals surface area contributed by atoms with Crippen molar-refractivity contribution in [3.05, 3.63) is 24.3 Å². The second-order valence-electron chi connectivity index (χ2n) is 3.85. The fraction of sp³-hybridized carbons (Fsp3) is 0.571. The molecule has 0 atom stereocenters. The monoisotopic (exact) mass is 237 g/mol. The van der Waals surface area contributed by atoms with Crippen molar-refractivity contribution in [1.82, 2.24) is 5.32 Å². The second-order valence-corrected chi connectivity index (χ2v) is 3.85. The molecular weight excluding hydrogens is 214 g/mol. The number of para-hydroxylation sites is 2. The minimum absolute atomic E-state index is 0.669. The maximum absolute atomic E-state index is 5.69. The second kappa shape index (κ2) is 8.88. The van der Waals surface area contributed by atoms with Crippen LogP contribution in [0.25, 0.3) is 0 Å². The van der Waals surface area contributed by atoms with Gasteiger partial charge in [0.2, 0.25) is 0 Å². The van der Waals surface area contributed by atoms with Crippen molar-refractivity contribution in [2.75, 3.05) is 26.3 Å². The zero-order valence-corrected chi connectivity index (χ0v) is 10.9. The maximum Gasteiger partial charge on any atom is 0.161 e. The molecule has 0 aromatic heterocycles. The van der Waals surface area contributed by atoms with E-state index in [0.717, 1.165) is 44.0 Å². The Morgan fingerprint density at radius 3 is 2.24 bits per heavy atom. The lowest BCUT2D eigenvalue weighted by molar-refractivity contribution is 0.265. The first-order chi connectivity index (χ1) is 8.38. The average molecular weight is 237 g/mol. The Labute approximate surface area is 104 Å². The van der Waals surface area contributed by atoms with Gasteiger partial charge in [-0.25, -0.2) is 0 Å². The molecule has 3 heteroatoms. The van der Waals surface area contributed by atoms with Crippen LogP contribution >= 0.6 is 0 Å². The maximum atomic E-state index is 5.69. The first kappa shape index (κ1) is 13.8. The predicted molar refractivity (Wildman–Crippen MR) is 70.9 cm³/mol. The summed E-state index contributed by atoms with van der Waals surface area (Å²) in [6.07, 6.45) is 2.22. The number of likely N-dealkylation sites (N-methyl/N-ethyl adjacent to an activating group) is 1. The van der Waals surface area contributed by atoms with E-state index < -0.39 is 0 Å². The molecule has 1 N–H and O–H groups in total. The number of nitrogens with one attached hydrogen (secondary N) is 1. The summed E-state index contributed by atoms with van der Waals surface area (Å²) in [7, 11) is 0. The molecule has 17 heavy (non-hydrogen) atoms. The zero-order chi connectivity index (χ0) is 12.3. The fourth-order valence-corrected chi connectivity index (χ4v) is 1.43. The predicted octanol–water partition coefficient (Wildman–Crippen LogP) is 2.85. The molecule has 0 saturated carbocycles. The number of hydrogen-bond donors (Lipinski definition) is 1. The van der Waals surface area contributed by atoms with Crippen molar-refractivity contribution in [1.29, 1.82) is 0 Å². The van der Waals surface area contributed by atoms with Crippen LogP contribution in [0.3, 0.4) is 0 Å². The van der Waals surface area contributed by atoms with Crippen molar-refractivity contribution >= 4 is 0 Å². The summed E-state index contributed by atoms with van der Waals surface area (Å²) in [5.41, 5.74) is 0. The van der Waals surface area contributed by atoms with E-state index in [1.165, 1.54) is 0 Å². The molecular formula is C14H23NO2. The molecule has 0 aliphatic heterocycles. The van der Waals surface area contributed by atoms with E-state index in [9.17, 15) is 0 Å². The number of unbranched alkanes of at least 4 members (excludes halogenated alkanes) is 1. The van der Waals surface area contributed by atoms with E-state index in [0.29, 0.717) is 6.61 Å². The van der Waals surface area contributed by atoms with E-state index in [1.54, 1.807) is 0 Å². The highest BCUT2D eigenvalue weighted by Crippen LogP contribution is 2.26. The topological polar surface area (TPSA) is 30.5 Å². The third-order valence-electron chi connectivity index (χ3n) is 2.39. The third-order valence-corrected chi connectivity index (χ3v) is 2.39. The van der Waals surface area contributed by atoms with E-state index >= 15 is 0 Å².